The van der Waals surface area contributed by atoms with Gasteiger partial charge in [-0.2, -0.15) is 5.26 Å². The van der Waals surface area contributed by atoms with Gasteiger partial charge in [0.1, 0.15) is 17.5 Å². The molecular weight excluding hydrogens is 314 g/mol. The van der Waals surface area contributed by atoms with Gasteiger partial charge in [-0.3, -0.25) is 0 Å². The first-order valence-electron chi connectivity index (χ1n) is 7.50. The van der Waals surface area contributed by atoms with Crippen LogP contribution in [0.3, 0.4) is 0 Å². The van der Waals surface area contributed by atoms with Gasteiger partial charge in [-0.15, -0.1) is 11.3 Å². The number of hydrogen-bond acceptors (Lipinski definition) is 4. The van der Waals surface area contributed by atoms with Crippen molar-refractivity contribution in [2.24, 2.45) is 0 Å². The van der Waals surface area contributed by atoms with Gasteiger partial charge >= 0.3 is 0 Å². The molecule has 24 heavy (non-hydrogen) atoms. The molecule has 0 atom stereocenters. The number of nitrogens with two attached hydrogens (primary N) is 1. The standard InChI is InChI=1S/C20H13N3S/c21-12-17-16(11-18(23-20(17)22)19-9-4-10-24-19)15-8-3-6-13-5-1-2-7-14(13)15/h1-11H,(H2,22,23). The van der Waals surface area contributed by atoms with Crippen LogP contribution in [0.25, 0.3) is 32.5 Å². The highest BCUT2D eigenvalue weighted by Gasteiger charge is 2.15. The summed E-state index contributed by atoms with van der Waals surface area (Å²) < 4.78 is 0. The first-order chi connectivity index (χ1) is 11.8. The van der Waals surface area contributed by atoms with E-state index in [0.717, 1.165) is 32.5 Å². The Morgan fingerprint density at radius 3 is 2.58 bits per heavy atom. The monoisotopic (exact) mass is 327 g/mol. The number of nitrogens with zero attached hydrogens (tertiary/aromatic N) is 2. The van der Waals surface area contributed by atoms with Crippen molar-refractivity contribution < 1.29 is 0 Å². The molecule has 0 bridgehead atoms. The third-order valence-electron chi connectivity index (χ3n) is 4.01. The van der Waals surface area contributed by atoms with Gasteiger partial charge in [0, 0.05) is 5.56 Å². The zero-order chi connectivity index (χ0) is 16.5. The number of anilines is 1. The van der Waals surface area contributed by atoms with Crippen LogP contribution >= 0.6 is 11.3 Å². The SMILES string of the molecule is N#Cc1c(-c2cccc3ccccc23)cc(-c2cccs2)nc1N. The topological polar surface area (TPSA) is 62.7 Å². The molecule has 0 aliphatic heterocycles. The van der Waals surface area contributed by atoms with Crippen molar-refractivity contribution >= 4 is 27.9 Å². The minimum atomic E-state index is 0.270. The third kappa shape index (κ3) is 2.32. The van der Waals surface area contributed by atoms with Crippen LogP contribution in [0, 0.1) is 11.3 Å². The zero-order valence-electron chi connectivity index (χ0n) is 12.7. The fraction of sp³-hybridized carbons (Fsp3) is 0. The van der Waals surface area contributed by atoms with Crippen LogP contribution in [0.2, 0.25) is 0 Å². The molecule has 0 fully saturated rings. The average molecular weight is 327 g/mol. The number of nitriles is 1. The number of fused-ring (bicyclic) bond motifs is 1. The molecule has 0 saturated heterocycles. The van der Waals surface area contributed by atoms with Crippen molar-refractivity contribution in [2.75, 3.05) is 5.73 Å². The van der Waals surface area contributed by atoms with Crippen LogP contribution in [0.5, 0.6) is 0 Å². The van der Waals surface area contributed by atoms with Gasteiger partial charge in [0.05, 0.1) is 10.6 Å². The van der Waals surface area contributed by atoms with Crippen molar-refractivity contribution in [1.82, 2.24) is 4.98 Å². The summed E-state index contributed by atoms with van der Waals surface area (Å²) in [4.78, 5) is 5.45. The van der Waals surface area contributed by atoms with E-state index in [1.165, 1.54) is 0 Å². The highest BCUT2D eigenvalue weighted by Crippen LogP contribution is 2.36. The van der Waals surface area contributed by atoms with Crippen molar-refractivity contribution in [3.8, 4) is 27.8 Å². The van der Waals surface area contributed by atoms with Crippen molar-refractivity contribution in [1.29, 1.82) is 5.26 Å². The van der Waals surface area contributed by atoms with Gasteiger partial charge < -0.3 is 5.73 Å². The number of nitrogen functional groups attached to an aromatic ring is 1. The Bertz CT molecular complexity index is 1070. The molecule has 2 aromatic carbocycles. The summed E-state index contributed by atoms with van der Waals surface area (Å²) >= 11 is 1.60. The normalized spacial score (nSPS) is 10.6. The third-order valence-corrected chi connectivity index (χ3v) is 4.91. The van der Waals surface area contributed by atoms with Crippen LogP contribution in [-0.4, -0.2) is 4.98 Å². The maximum absolute atomic E-state index is 9.59. The predicted octanol–water partition coefficient (Wildman–Crippen LogP) is 5.08. The summed E-state index contributed by atoms with van der Waals surface area (Å²) in [7, 11) is 0. The molecule has 4 rings (SSSR count). The number of thiophene rings is 1. The fourth-order valence-corrected chi connectivity index (χ4v) is 3.59. The number of rotatable bonds is 2. The van der Waals surface area contributed by atoms with Crippen LogP contribution in [0.4, 0.5) is 5.82 Å². The van der Waals surface area contributed by atoms with E-state index in [1.54, 1.807) is 11.3 Å². The number of hydrogen-bond donors (Lipinski definition) is 1. The molecule has 0 unspecified atom stereocenters. The van der Waals surface area contributed by atoms with E-state index in [9.17, 15) is 5.26 Å². The molecule has 0 saturated carbocycles. The van der Waals surface area contributed by atoms with E-state index in [2.05, 4.69) is 29.3 Å². The highest BCUT2D eigenvalue weighted by atomic mass is 32.1. The Morgan fingerprint density at radius 1 is 0.958 bits per heavy atom. The smallest absolute Gasteiger partial charge is 0.142 e. The molecule has 0 radical (unpaired) electrons. The quantitative estimate of drug-likeness (QED) is 0.558. The lowest BCUT2D eigenvalue weighted by Crippen LogP contribution is -1.99. The van der Waals surface area contributed by atoms with Crippen molar-refractivity contribution in [3.05, 3.63) is 71.6 Å². The van der Waals surface area contributed by atoms with Gasteiger partial charge in [0.25, 0.3) is 0 Å². The summed E-state index contributed by atoms with van der Waals surface area (Å²) in [6, 6.07) is 22.4. The molecule has 0 aliphatic carbocycles. The molecule has 2 heterocycles. The van der Waals surface area contributed by atoms with E-state index in [4.69, 9.17) is 5.73 Å². The highest BCUT2D eigenvalue weighted by molar-refractivity contribution is 7.13. The lowest BCUT2D eigenvalue weighted by molar-refractivity contribution is 1.32. The molecule has 0 amide bonds. The second-order valence-corrected chi connectivity index (χ2v) is 6.38. The molecule has 2 aromatic heterocycles. The predicted molar refractivity (Wildman–Crippen MR) is 99.6 cm³/mol. The number of pyridine rings is 1. The van der Waals surface area contributed by atoms with E-state index >= 15 is 0 Å². The molecule has 0 spiro atoms. The van der Waals surface area contributed by atoms with E-state index in [1.807, 2.05) is 47.8 Å². The molecule has 4 heteroatoms. The lowest BCUT2D eigenvalue weighted by Gasteiger charge is -2.11. The maximum Gasteiger partial charge on any atom is 0.142 e. The second-order valence-electron chi connectivity index (χ2n) is 5.43. The molecular formula is C20H13N3S. The Balaban J connectivity index is 2.05. The number of aromatic nitrogens is 1. The molecule has 4 aromatic rings. The Labute approximate surface area is 143 Å². The Morgan fingerprint density at radius 2 is 1.79 bits per heavy atom. The summed E-state index contributed by atoms with van der Waals surface area (Å²) in [5.41, 5.74) is 9.13. The molecule has 2 N–H and O–H groups in total. The summed E-state index contributed by atoms with van der Waals surface area (Å²) in [5, 5.41) is 13.8. The largest absolute Gasteiger partial charge is 0.383 e. The molecule has 3 nitrogen and oxygen atoms in total. The fourth-order valence-electron chi connectivity index (χ4n) is 2.91. The van der Waals surface area contributed by atoms with Gasteiger partial charge in [-0.25, -0.2) is 4.98 Å². The maximum atomic E-state index is 9.59. The zero-order valence-corrected chi connectivity index (χ0v) is 13.5. The summed E-state index contributed by atoms with van der Waals surface area (Å²) in [6.45, 7) is 0. The minimum Gasteiger partial charge on any atom is -0.383 e. The van der Waals surface area contributed by atoms with Crippen molar-refractivity contribution in [3.63, 3.8) is 0 Å². The first kappa shape index (κ1) is 14.4. The van der Waals surface area contributed by atoms with Crippen LogP contribution < -0.4 is 5.73 Å². The lowest BCUT2D eigenvalue weighted by atomic mass is 9.95. The first-order valence-corrected chi connectivity index (χ1v) is 8.38. The summed E-state index contributed by atoms with van der Waals surface area (Å²) in [5.74, 6) is 0.270. The van der Waals surface area contributed by atoms with Crippen LogP contribution in [0.15, 0.2) is 66.0 Å². The van der Waals surface area contributed by atoms with E-state index < -0.39 is 0 Å². The second kappa shape index (κ2) is 5.80. The summed E-state index contributed by atoms with van der Waals surface area (Å²) in [6.07, 6.45) is 0. The van der Waals surface area contributed by atoms with Crippen LogP contribution in [-0.2, 0) is 0 Å². The van der Waals surface area contributed by atoms with Crippen molar-refractivity contribution in [2.45, 2.75) is 0 Å². The number of benzene rings is 2. The van der Waals surface area contributed by atoms with E-state index in [0.29, 0.717) is 5.56 Å². The van der Waals surface area contributed by atoms with Gasteiger partial charge in [-0.05, 0) is 33.8 Å². The Kier molecular flexibility index (Phi) is 3.49. The van der Waals surface area contributed by atoms with E-state index in [-0.39, 0.29) is 5.82 Å². The average Bonchev–Trinajstić information content (AvgIpc) is 3.15. The van der Waals surface area contributed by atoms with Crippen LogP contribution in [0.1, 0.15) is 5.56 Å². The van der Waals surface area contributed by atoms with Gasteiger partial charge in [0.2, 0.25) is 0 Å². The minimum absolute atomic E-state index is 0.270. The molecule has 0 aliphatic rings. The van der Waals surface area contributed by atoms with Gasteiger partial charge in [0.15, 0.2) is 0 Å². The molecule has 114 valence electrons. The Hall–Kier alpha value is -3.16. The van der Waals surface area contributed by atoms with Gasteiger partial charge in [-0.1, -0.05) is 48.5 Å².